The van der Waals surface area contributed by atoms with Gasteiger partial charge in [0.05, 0.1) is 6.10 Å². The number of alkyl halides is 1. The fourth-order valence-electron chi connectivity index (χ4n) is 1.41. The summed E-state index contributed by atoms with van der Waals surface area (Å²) in [7, 11) is 0. The summed E-state index contributed by atoms with van der Waals surface area (Å²) < 4.78 is 0. The van der Waals surface area contributed by atoms with Crippen molar-refractivity contribution < 1.29 is 20.1 Å². The molecule has 0 saturated heterocycles. The molecule has 0 amide bonds. The molecule has 1 aromatic rings. The molecule has 16 heavy (non-hydrogen) atoms. The Balaban J connectivity index is 2.98. The lowest BCUT2D eigenvalue weighted by Crippen LogP contribution is -2.19. The Labute approximate surface area is 102 Å². The largest absolute Gasteiger partial charge is 0.508 e. The smallest absolute Gasteiger partial charge is 0.150 e. The Kier molecular flexibility index (Phi) is 4.92. The Hall–Kier alpha value is -0.910. The molecule has 88 valence electrons. The molecule has 0 heterocycles. The molecule has 0 fully saturated rings. The third-order valence-electron chi connectivity index (χ3n) is 2.29. The van der Waals surface area contributed by atoms with Crippen LogP contribution in [-0.4, -0.2) is 33.0 Å². The summed E-state index contributed by atoms with van der Waals surface area (Å²) in [5.74, 6) is -0.0481. The van der Waals surface area contributed by atoms with Gasteiger partial charge in [-0.05, 0) is 24.1 Å². The molecule has 2 atom stereocenters. The Bertz CT molecular complexity index is 367. The molecular weight excluding hydrogens is 276 g/mol. The number of hydrogen-bond donors (Lipinski definition) is 3. The van der Waals surface area contributed by atoms with E-state index in [4.69, 9.17) is 0 Å². The van der Waals surface area contributed by atoms with E-state index < -0.39 is 12.2 Å². The van der Waals surface area contributed by atoms with Gasteiger partial charge in [-0.25, -0.2) is 0 Å². The lowest BCUT2D eigenvalue weighted by molar-refractivity contribution is 0.0170. The monoisotopic (exact) mass is 288 g/mol. The number of carbonyl (C=O) groups is 1. The number of benzene rings is 1. The lowest BCUT2D eigenvalue weighted by Gasteiger charge is -2.18. The van der Waals surface area contributed by atoms with Crippen LogP contribution < -0.4 is 0 Å². The van der Waals surface area contributed by atoms with Gasteiger partial charge < -0.3 is 15.3 Å². The van der Waals surface area contributed by atoms with E-state index in [0.29, 0.717) is 23.6 Å². The van der Waals surface area contributed by atoms with Gasteiger partial charge in [0, 0.05) is 10.9 Å². The van der Waals surface area contributed by atoms with Gasteiger partial charge in [0.25, 0.3) is 0 Å². The molecule has 0 aliphatic heterocycles. The number of phenolic OH excluding ortho intramolecular Hbond substituents is 1. The molecule has 0 saturated carbocycles. The minimum absolute atomic E-state index is 0.0481. The van der Waals surface area contributed by atoms with Crippen LogP contribution in [0.1, 0.15) is 28.4 Å². The highest BCUT2D eigenvalue weighted by Gasteiger charge is 2.20. The highest BCUT2D eigenvalue weighted by molar-refractivity contribution is 9.09. The molecule has 0 spiro atoms. The molecule has 0 bridgehead atoms. The van der Waals surface area contributed by atoms with Crippen LogP contribution in [0.2, 0.25) is 0 Å². The van der Waals surface area contributed by atoms with Crippen LogP contribution in [0, 0.1) is 0 Å². The Morgan fingerprint density at radius 3 is 2.62 bits per heavy atom. The minimum atomic E-state index is -1.13. The molecule has 4 nitrogen and oxygen atoms in total. The molecule has 0 aliphatic carbocycles. The fourth-order valence-corrected chi connectivity index (χ4v) is 1.88. The van der Waals surface area contributed by atoms with Crippen molar-refractivity contribution in [1.82, 2.24) is 0 Å². The van der Waals surface area contributed by atoms with Crippen LogP contribution >= 0.6 is 15.9 Å². The SMILES string of the molecule is O=Cc1cc(O)ccc1C(O)C(O)CCBr. The number of phenols is 1. The molecule has 1 aromatic carbocycles. The van der Waals surface area contributed by atoms with Gasteiger partial charge in [-0.2, -0.15) is 0 Å². The fraction of sp³-hybridized carbons (Fsp3) is 0.364. The van der Waals surface area contributed by atoms with E-state index in [2.05, 4.69) is 15.9 Å². The van der Waals surface area contributed by atoms with Crippen molar-refractivity contribution in [2.75, 3.05) is 5.33 Å². The number of rotatable bonds is 5. The van der Waals surface area contributed by atoms with Crippen molar-refractivity contribution >= 4 is 22.2 Å². The number of aliphatic hydroxyl groups is 2. The maximum atomic E-state index is 10.8. The van der Waals surface area contributed by atoms with Crippen molar-refractivity contribution in [1.29, 1.82) is 0 Å². The number of aromatic hydroxyl groups is 1. The van der Waals surface area contributed by atoms with Crippen LogP contribution in [0.5, 0.6) is 5.75 Å². The van der Waals surface area contributed by atoms with E-state index >= 15 is 0 Å². The summed E-state index contributed by atoms with van der Waals surface area (Å²) in [5.41, 5.74) is 0.502. The number of hydrogen-bond acceptors (Lipinski definition) is 4. The third kappa shape index (κ3) is 3.04. The molecule has 3 N–H and O–H groups in total. The normalized spacial score (nSPS) is 14.4. The highest BCUT2D eigenvalue weighted by Crippen LogP contribution is 2.25. The first-order chi connectivity index (χ1) is 7.60. The van der Waals surface area contributed by atoms with Crippen molar-refractivity contribution in [3.05, 3.63) is 29.3 Å². The maximum Gasteiger partial charge on any atom is 0.150 e. The second-order valence-electron chi connectivity index (χ2n) is 3.42. The number of aldehydes is 1. The highest BCUT2D eigenvalue weighted by atomic mass is 79.9. The molecular formula is C11H13BrO4. The summed E-state index contributed by atoms with van der Waals surface area (Å²) in [6.45, 7) is 0. The zero-order valence-corrected chi connectivity index (χ0v) is 10.1. The predicted molar refractivity (Wildman–Crippen MR) is 62.9 cm³/mol. The summed E-state index contributed by atoms with van der Waals surface area (Å²) in [4.78, 5) is 10.8. The lowest BCUT2D eigenvalue weighted by atomic mass is 9.98. The minimum Gasteiger partial charge on any atom is -0.508 e. The third-order valence-corrected chi connectivity index (χ3v) is 2.74. The second kappa shape index (κ2) is 5.98. The van der Waals surface area contributed by atoms with Gasteiger partial charge in [-0.15, -0.1) is 0 Å². The van der Waals surface area contributed by atoms with Crippen LogP contribution in [0.3, 0.4) is 0 Å². The number of aliphatic hydroxyl groups excluding tert-OH is 2. The van der Waals surface area contributed by atoms with Crippen molar-refractivity contribution in [2.45, 2.75) is 18.6 Å². The molecule has 0 aromatic heterocycles. The van der Waals surface area contributed by atoms with Crippen molar-refractivity contribution in [3.8, 4) is 5.75 Å². The van der Waals surface area contributed by atoms with Crippen molar-refractivity contribution in [3.63, 3.8) is 0 Å². The summed E-state index contributed by atoms with van der Waals surface area (Å²) in [6, 6.07) is 4.06. The first kappa shape index (κ1) is 13.2. The van der Waals surface area contributed by atoms with Crippen LogP contribution in [0.15, 0.2) is 18.2 Å². The van der Waals surface area contributed by atoms with E-state index in [1.807, 2.05) is 0 Å². The second-order valence-corrected chi connectivity index (χ2v) is 4.21. The van der Waals surface area contributed by atoms with Gasteiger partial charge in [0.1, 0.15) is 11.9 Å². The quantitative estimate of drug-likeness (QED) is 0.565. The van der Waals surface area contributed by atoms with Crippen LogP contribution in [0.25, 0.3) is 0 Å². The molecule has 0 radical (unpaired) electrons. The van der Waals surface area contributed by atoms with Crippen LogP contribution in [-0.2, 0) is 0 Å². The van der Waals surface area contributed by atoms with Gasteiger partial charge in [0.2, 0.25) is 0 Å². The predicted octanol–water partition coefficient (Wildman–Crippen LogP) is 1.38. The summed E-state index contributed by atoms with van der Waals surface area (Å²) in [6.07, 6.45) is -1.15. The molecule has 0 aliphatic rings. The zero-order chi connectivity index (χ0) is 12.1. The van der Waals surface area contributed by atoms with E-state index in [1.54, 1.807) is 0 Å². The van der Waals surface area contributed by atoms with Gasteiger partial charge in [0.15, 0.2) is 6.29 Å². The zero-order valence-electron chi connectivity index (χ0n) is 8.51. The van der Waals surface area contributed by atoms with E-state index in [0.717, 1.165) is 0 Å². The maximum absolute atomic E-state index is 10.8. The topological polar surface area (TPSA) is 77.8 Å². The molecule has 2 unspecified atom stereocenters. The number of carbonyl (C=O) groups excluding carboxylic acids is 1. The standard InChI is InChI=1S/C11H13BrO4/c12-4-3-10(15)11(16)9-2-1-8(14)5-7(9)6-13/h1-2,5-6,10-11,14-16H,3-4H2. The van der Waals surface area contributed by atoms with Gasteiger partial charge in [-0.3, -0.25) is 4.79 Å². The average molecular weight is 289 g/mol. The van der Waals surface area contributed by atoms with Crippen LogP contribution in [0.4, 0.5) is 0 Å². The first-order valence-corrected chi connectivity index (χ1v) is 5.92. The Morgan fingerprint density at radius 1 is 1.38 bits per heavy atom. The number of halogens is 1. The Morgan fingerprint density at radius 2 is 2.06 bits per heavy atom. The molecule has 5 heteroatoms. The van der Waals surface area contributed by atoms with E-state index in [-0.39, 0.29) is 11.3 Å². The van der Waals surface area contributed by atoms with Crippen molar-refractivity contribution in [2.24, 2.45) is 0 Å². The first-order valence-electron chi connectivity index (χ1n) is 4.80. The van der Waals surface area contributed by atoms with Gasteiger partial charge in [-0.1, -0.05) is 22.0 Å². The van der Waals surface area contributed by atoms with E-state index in [1.165, 1.54) is 18.2 Å². The summed E-state index contributed by atoms with van der Waals surface area (Å²) >= 11 is 3.16. The molecule has 1 rings (SSSR count). The average Bonchev–Trinajstić information content (AvgIpc) is 2.28. The van der Waals surface area contributed by atoms with E-state index in [9.17, 15) is 20.1 Å². The summed E-state index contributed by atoms with van der Waals surface area (Å²) in [5, 5.41) is 29.2. The van der Waals surface area contributed by atoms with Gasteiger partial charge >= 0.3 is 0 Å².